The van der Waals surface area contributed by atoms with Crippen molar-refractivity contribution in [2.75, 3.05) is 18.8 Å². The second-order valence-electron chi connectivity index (χ2n) is 10.0. The number of para-hydroxylation sites is 1. The summed E-state index contributed by atoms with van der Waals surface area (Å²) >= 11 is 0. The van der Waals surface area contributed by atoms with Gasteiger partial charge in [-0.25, -0.2) is 14.8 Å². The van der Waals surface area contributed by atoms with E-state index >= 15 is 0 Å². The van der Waals surface area contributed by atoms with Crippen molar-refractivity contribution in [1.29, 1.82) is 5.26 Å². The number of amides is 1. The Balaban J connectivity index is 1.49. The molecular formula is C28H28N8O3. The maximum absolute atomic E-state index is 13.8. The monoisotopic (exact) mass is 524 g/mol. The smallest absolute Gasteiger partial charge is 0.335 e. The number of carbonyl (C=O) groups excluding carboxylic acids is 1. The molecule has 198 valence electrons. The predicted molar refractivity (Wildman–Crippen MR) is 146 cm³/mol. The first-order valence-electron chi connectivity index (χ1n) is 12.4. The lowest BCUT2D eigenvalue weighted by Crippen LogP contribution is -2.35. The fourth-order valence-corrected chi connectivity index (χ4v) is 4.75. The number of aromatic nitrogens is 4. The predicted octanol–water partition coefficient (Wildman–Crippen LogP) is 2.92. The highest BCUT2D eigenvalue weighted by Crippen LogP contribution is 2.29. The van der Waals surface area contributed by atoms with Gasteiger partial charge in [-0.2, -0.15) is 5.26 Å². The first-order chi connectivity index (χ1) is 18.7. The third-order valence-electron chi connectivity index (χ3n) is 6.44. The number of carbonyl (C=O) groups is 1. The molecule has 1 atom stereocenters. The lowest BCUT2D eigenvalue weighted by Gasteiger charge is -2.18. The lowest BCUT2D eigenvalue weighted by molar-refractivity contribution is -0.125. The number of benzene rings is 2. The molecule has 1 unspecified atom stereocenters. The number of imidazole rings is 1. The number of rotatable bonds is 6. The minimum Gasteiger partial charge on any atom is -0.457 e. The Morgan fingerprint density at radius 1 is 1.13 bits per heavy atom. The van der Waals surface area contributed by atoms with E-state index in [0.29, 0.717) is 41.3 Å². The fraction of sp³-hybridized carbons (Fsp3) is 0.250. The van der Waals surface area contributed by atoms with E-state index in [1.54, 1.807) is 47.6 Å². The van der Waals surface area contributed by atoms with E-state index in [-0.39, 0.29) is 29.7 Å². The van der Waals surface area contributed by atoms with Crippen molar-refractivity contribution < 1.29 is 9.53 Å². The van der Waals surface area contributed by atoms with Gasteiger partial charge in [-0.1, -0.05) is 18.2 Å². The van der Waals surface area contributed by atoms with Crippen LogP contribution in [-0.4, -0.2) is 48.5 Å². The first kappa shape index (κ1) is 25.7. The summed E-state index contributed by atoms with van der Waals surface area (Å²) in [5, 5.41) is 9.53. The zero-order valence-electron chi connectivity index (χ0n) is 21.6. The Labute approximate surface area is 224 Å². The number of fused-ring (bicyclic) bond motifs is 1. The maximum Gasteiger partial charge on any atom is 0.335 e. The van der Waals surface area contributed by atoms with Gasteiger partial charge in [0.05, 0.1) is 11.7 Å². The van der Waals surface area contributed by atoms with Crippen LogP contribution in [-0.2, 0) is 4.79 Å². The number of nitrogens with zero attached hydrogens (tertiary/aromatic N) is 6. The van der Waals surface area contributed by atoms with E-state index in [1.807, 2.05) is 36.4 Å². The average molecular weight is 525 g/mol. The van der Waals surface area contributed by atoms with Crippen LogP contribution in [0.15, 0.2) is 77.4 Å². The van der Waals surface area contributed by atoms with Gasteiger partial charge < -0.3 is 21.1 Å². The standard InChI is InChI=1S/C28H28N8O3/c1-28(2,31)14-18(15-29)26(37)34-13-12-20(16-34)36-25-23(24(30)32-17-33-25)35(27(36)38)19-8-10-22(11-9-19)39-21-6-4-3-5-7-21/h3-11,14,17,20H,12-13,16,31H2,1-2H3,(H2,30,32,33). The zero-order chi connectivity index (χ0) is 27.7. The Bertz CT molecular complexity index is 1660. The van der Waals surface area contributed by atoms with Crippen molar-refractivity contribution >= 4 is 22.9 Å². The second kappa shape index (κ2) is 10.1. The SMILES string of the molecule is CC(C)(N)C=C(C#N)C(=O)N1CCC(n2c(=O)n(-c3ccc(Oc4ccccc4)cc3)c3c(N)ncnc32)C1. The number of hydrogen-bond donors (Lipinski definition) is 2. The maximum atomic E-state index is 13.8. The van der Waals surface area contributed by atoms with E-state index in [9.17, 15) is 14.9 Å². The Hall–Kier alpha value is -4.95. The molecule has 4 aromatic rings. The minimum absolute atomic E-state index is 0.0256. The molecule has 4 N–H and O–H groups in total. The van der Waals surface area contributed by atoms with Gasteiger partial charge in [0.2, 0.25) is 0 Å². The average Bonchev–Trinajstić information content (AvgIpc) is 3.50. The van der Waals surface area contributed by atoms with Crippen LogP contribution in [0.2, 0.25) is 0 Å². The molecule has 1 aliphatic heterocycles. The molecule has 1 aliphatic rings. The lowest BCUT2D eigenvalue weighted by atomic mass is 10.0. The third-order valence-corrected chi connectivity index (χ3v) is 6.44. The van der Waals surface area contributed by atoms with Crippen molar-refractivity contribution in [1.82, 2.24) is 24.0 Å². The van der Waals surface area contributed by atoms with E-state index < -0.39 is 11.4 Å². The molecule has 39 heavy (non-hydrogen) atoms. The van der Waals surface area contributed by atoms with E-state index in [2.05, 4.69) is 9.97 Å². The van der Waals surface area contributed by atoms with Crippen LogP contribution in [0.1, 0.15) is 26.3 Å². The summed E-state index contributed by atoms with van der Waals surface area (Å²) in [6, 6.07) is 18.0. The minimum atomic E-state index is -0.819. The number of nitrogen functional groups attached to an aromatic ring is 1. The Kier molecular flexibility index (Phi) is 6.64. The number of nitriles is 1. The summed E-state index contributed by atoms with van der Waals surface area (Å²) < 4.78 is 8.90. The largest absolute Gasteiger partial charge is 0.457 e. The molecular weight excluding hydrogens is 496 g/mol. The van der Waals surface area contributed by atoms with Crippen LogP contribution in [0, 0.1) is 11.3 Å². The van der Waals surface area contributed by atoms with Crippen LogP contribution in [0.3, 0.4) is 0 Å². The second-order valence-corrected chi connectivity index (χ2v) is 10.0. The van der Waals surface area contributed by atoms with Crippen LogP contribution >= 0.6 is 0 Å². The molecule has 0 spiro atoms. The van der Waals surface area contributed by atoms with Gasteiger partial charge in [-0.15, -0.1) is 0 Å². The Morgan fingerprint density at radius 2 is 1.82 bits per heavy atom. The van der Waals surface area contributed by atoms with E-state index in [0.717, 1.165) is 0 Å². The highest BCUT2D eigenvalue weighted by atomic mass is 16.5. The molecule has 2 aromatic carbocycles. The third kappa shape index (κ3) is 5.10. The first-order valence-corrected chi connectivity index (χ1v) is 12.4. The van der Waals surface area contributed by atoms with Gasteiger partial charge in [-0.05, 0) is 62.7 Å². The number of hydrogen-bond acceptors (Lipinski definition) is 8. The molecule has 1 fully saturated rings. The number of anilines is 1. The normalized spacial score (nSPS) is 15.9. The van der Waals surface area contributed by atoms with Gasteiger partial charge in [0.15, 0.2) is 11.5 Å². The van der Waals surface area contributed by atoms with Crippen molar-refractivity contribution in [3.63, 3.8) is 0 Å². The Morgan fingerprint density at radius 3 is 2.49 bits per heavy atom. The zero-order valence-corrected chi connectivity index (χ0v) is 21.6. The van der Waals surface area contributed by atoms with Gasteiger partial charge in [-0.3, -0.25) is 13.9 Å². The topological polar surface area (TPSA) is 158 Å². The summed E-state index contributed by atoms with van der Waals surface area (Å²) in [6.07, 6.45) is 3.27. The van der Waals surface area contributed by atoms with E-state index in [1.165, 1.54) is 17.0 Å². The quantitative estimate of drug-likeness (QED) is 0.288. The highest BCUT2D eigenvalue weighted by Gasteiger charge is 2.33. The molecule has 11 heteroatoms. The summed E-state index contributed by atoms with van der Waals surface area (Å²) in [4.78, 5) is 36.9. The summed E-state index contributed by atoms with van der Waals surface area (Å²) in [6.45, 7) is 4.03. The molecule has 3 heterocycles. The van der Waals surface area contributed by atoms with Crippen molar-refractivity contribution in [3.8, 4) is 23.3 Å². The van der Waals surface area contributed by atoms with Crippen LogP contribution in [0.25, 0.3) is 16.9 Å². The van der Waals surface area contributed by atoms with E-state index in [4.69, 9.17) is 16.2 Å². The molecule has 11 nitrogen and oxygen atoms in total. The summed E-state index contributed by atoms with van der Waals surface area (Å²) in [5.41, 5.74) is 12.3. The fourth-order valence-electron chi connectivity index (χ4n) is 4.75. The summed E-state index contributed by atoms with van der Waals surface area (Å²) in [5.74, 6) is 1.05. The molecule has 1 amide bonds. The number of likely N-dealkylation sites (tertiary alicyclic amines) is 1. The van der Waals surface area contributed by atoms with Crippen LogP contribution < -0.4 is 21.9 Å². The molecule has 0 saturated carbocycles. The molecule has 5 rings (SSSR count). The molecule has 2 aromatic heterocycles. The van der Waals surface area contributed by atoms with Crippen LogP contribution in [0.5, 0.6) is 11.5 Å². The van der Waals surface area contributed by atoms with Crippen molar-refractivity contribution in [3.05, 3.63) is 83.1 Å². The number of nitrogens with two attached hydrogens (primary N) is 2. The van der Waals surface area contributed by atoms with Crippen molar-refractivity contribution in [2.45, 2.75) is 31.8 Å². The van der Waals surface area contributed by atoms with Gasteiger partial charge in [0, 0.05) is 18.6 Å². The molecule has 1 saturated heterocycles. The van der Waals surface area contributed by atoms with Crippen molar-refractivity contribution in [2.24, 2.45) is 5.73 Å². The highest BCUT2D eigenvalue weighted by molar-refractivity contribution is 5.97. The van der Waals surface area contributed by atoms with Gasteiger partial charge in [0.25, 0.3) is 5.91 Å². The van der Waals surface area contributed by atoms with Gasteiger partial charge in [0.1, 0.15) is 35.0 Å². The molecule has 0 radical (unpaired) electrons. The van der Waals surface area contributed by atoms with Gasteiger partial charge >= 0.3 is 5.69 Å². The number of ether oxygens (including phenoxy) is 1. The summed E-state index contributed by atoms with van der Waals surface area (Å²) in [7, 11) is 0. The molecule has 0 bridgehead atoms. The molecule has 0 aliphatic carbocycles. The van der Waals surface area contributed by atoms with Crippen LogP contribution in [0.4, 0.5) is 5.82 Å².